The van der Waals surface area contributed by atoms with E-state index in [2.05, 4.69) is 10.4 Å². The summed E-state index contributed by atoms with van der Waals surface area (Å²) in [5.41, 5.74) is -0.990. The van der Waals surface area contributed by atoms with Crippen molar-refractivity contribution in [2.75, 3.05) is 12.1 Å². The van der Waals surface area contributed by atoms with Crippen molar-refractivity contribution < 1.29 is 25.9 Å². The number of rotatable bonds is 3. The van der Waals surface area contributed by atoms with Crippen molar-refractivity contribution in [3.8, 4) is 0 Å². The molecule has 4 nitrogen and oxygen atoms in total. The SMILES string of the molecule is CN(O[SH](=O)=O)c1c[c]cc(C(F)(F)F)c1. The summed E-state index contributed by atoms with van der Waals surface area (Å²) in [5.74, 6) is 0. The number of hydrogen-bond acceptors (Lipinski definition) is 4. The molecule has 89 valence electrons. The van der Waals surface area contributed by atoms with Crippen LogP contribution in [0.4, 0.5) is 18.9 Å². The van der Waals surface area contributed by atoms with E-state index < -0.39 is 22.7 Å². The van der Waals surface area contributed by atoms with Gasteiger partial charge in [0, 0.05) is 7.05 Å². The molecule has 0 aliphatic heterocycles. The van der Waals surface area contributed by atoms with Crippen LogP contribution >= 0.6 is 0 Å². The van der Waals surface area contributed by atoms with Gasteiger partial charge in [0.25, 0.3) is 11.0 Å². The third-order valence-electron chi connectivity index (χ3n) is 1.65. The number of anilines is 1. The van der Waals surface area contributed by atoms with Gasteiger partial charge in [0.2, 0.25) is 0 Å². The van der Waals surface area contributed by atoms with Crippen LogP contribution in [0.3, 0.4) is 0 Å². The van der Waals surface area contributed by atoms with Gasteiger partial charge >= 0.3 is 6.18 Å². The van der Waals surface area contributed by atoms with Gasteiger partial charge in [0.1, 0.15) is 0 Å². The minimum absolute atomic E-state index is 0.0611. The zero-order valence-corrected chi connectivity index (χ0v) is 8.88. The first kappa shape index (κ1) is 12.8. The van der Waals surface area contributed by atoms with Crippen LogP contribution in [-0.4, -0.2) is 15.5 Å². The smallest absolute Gasteiger partial charge is 0.240 e. The van der Waals surface area contributed by atoms with E-state index in [-0.39, 0.29) is 5.69 Å². The molecule has 1 aromatic carbocycles. The van der Waals surface area contributed by atoms with Crippen molar-refractivity contribution >= 4 is 16.7 Å². The summed E-state index contributed by atoms with van der Waals surface area (Å²) in [7, 11) is -2.00. The standard InChI is InChI=1S/C8H7F3NO3S/c1-12(15-16(13)14)7-4-2-3-6(5-7)8(9,10)11/h3-5,16H,1H3. The zero-order valence-electron chi connectivity index (χ0n) is 7.99. The normalized spacial score (nSPS) is 11.8. The fourth-order valence-electron chi connectivity index (χ4n) is 0.952. The van der Waals surface area contributed by atoms with Crippen LogP contribution in [0.5, 0.6) is 0 Å². The van der Waals surface area contributed by atoms with Crippen molar-refractivity contribution in [3.05, 3.63) is 29.8 Å². The highest BCUT2D eigenvalue weighted by atomic mass is 32.2. The first-order valence-electron chi connectivity index (χ1n) is 3.95. The molecule has 0 spiro atoms. The molecule has 0 saturated carbocycles. The Morgan fingerprint density at radius 3 is 2.50 bits per heavy atom. The molecule has 1 rings (SSSR count). The average Bonchev–Trinajstić information content (AvgIpc) is 2.15. The number of hydroxylamine groups is 1. The maximum absolute atomic E-state index is 12.3. The molecule has 0 N–H and O–H groups in total. The van der Waals surface area contributed by atoms with E-state index in [9.17, 15) is 21.6 Å². The van der Waals surface area contributed by atoms with E-state index in [1.807, 2.05) is 0 Å². The zero-order chi connectivity index (χ0) is 12.3. The lowest BCUT2D eigenvalue weighted by Gasteiger charge is -2.15. The Balaban J connectivity index is 2.98. The molecule has 0 aliphatic carbocycles. The molecule has 0 fully saturated rings. The van der Waals surface area contributed by atoms with Crippen LogP contribution in [0.2, 0.25) is 0 Å². The van der Waals surface area contributed by atoms with Gasteiger partial charge in [-0.1, -0.05) is 0 Å². The van der Waals surface area contributed by atoms with E-state index >= 15 is 0 Å². The first-order valence-corrected chi connectivity index (χ1v) is 5.05. The van der Waals surface area contributed by atoms with E-state index in [0.29, 0.717) is 5.06 Å². The molecule has 0 aliphatic rings. The maximum atomic E-state index is 12.3. The van der Waals surface area contributed by atoms with Crippen LogP contribution in [0.15, 0.2) is 18.2 Å². The number of nitrogens with zero attached hydrogens (tertiary/aromatic N) is 1. The van der Waals surface area contributed by atoms with Crippen LogP contribution in [0.25, 0.3) is 0 Å². The Bertz CT molecular complexity index is 436. The molecule has 0 saturated heterocycles. The van der Waals surface area contributed by atoms with E-state index in [1.54, 1.807) is 0 Å². The molecular weight excluding hydrogens is 247 g/mol. The van der Waals surface area contributed by atoms with Crippen molar-refractivity contribution in [2.45, 2.75) is 6.18 Å². The lowest BCUT2D eigenvalue weighted by atomic mass is 10.2. The Hall–Kier alpha value is -1.28. The highest BCUT2D eigenvalue weighted by Crippen LogP contribution is 2.31. The highest BCUT2D eigenvalue weighted by Gasteiger charge is 2.30. The third kappa shape index (κ3) is 3.38. The lowest BCUT2D eigenvalue weighted by Crippen LogP contribution is -2.17. The third-order valence-corrected chi connectivity index (χ3v) is 2.03. The van der Waals surface area contributed by atoms with Gasteiger partial charge in [0.05, 0.1) is 11.3 Å². The van der Waals surface area contributed by atoms with Crippen LogP contribution in [-0.2, 0) is 21.4 Å². The second-order valence-corrected chi connectivity index (χ2v) is 3.39. The summed E-state index contributed by atoms with van der Waals surface area (Å²) in [6.45, 7) is 0. The molecule has 0 aromatic heterocycles. The van der Waals surface area contributed by atoms with Crippen LogP contribution in [0.1, 0.15) is 5.56 Å². The topological polar surface area (TPSA) is 46.6 Å². The summed E-state index contributed by atoms with van der Waals surface area (Å²) >= 11 is 0. The highest BCUT2D eigenvalue weighted by molar-refractivity contribution is 7.67. The number of halogens is 3. The van der Waals surface area contributed by atoms with E-state index in [4.69, 9.17) is 0 Å². The Morgan fingerprint density at radius 2 is 2.00 bits per heavy atom. The minimum atomic E-state index is -4.51. The second kappa shape index (κ2) is 4.71. The van der Waals surface area contributed by atoms with E-state index in [0.717, 1.165) is 12.1 Å². The predicted octanol–water partition coefficient (Wildman–Crippen LogP) is 1.40. The molecule has 0 unspecified atom stereocenters. The van der Waals surface area contributed by atoms with Crippen LogP contribution in [0, 0.1) is 6.07 Å². The molecule has 16 heavy (non-hydrogen) atoms. The Labute approximate surface area is 91.4 Å². The fourth-order valence-corrected chi connectivity index (χ4v) is 1.25. The van der Waals surface area contributed by atoms with Crippen molar-refractivity contribution in [1.29, 1.82) is 0 Å². The summed E-state index contributed by atoms with van der Waals surface area (Å²) < 4.78 is 61.5. The molecule has 0 bridgehead atoms. The number of alkyl halides is 3. The van der Waals surface area contributed by atoms with Crippen LogP contribution < -0.4 is 5.06 Å². The number of thiol groups is 1. The Morgan fingerprint density at radius 1 is 1.38 bits per heavy atom. The average molecular weight is 254 g/mol. The monoisotopic (exact) mass is 254 g/mol. The minimum Gasteiger partial charge on any atom is -0.240 e. The molecule has 1 aromatic rings. The number of benzene rings is 1. The quantitative estimate of drug-likeness (QED) is 0.654. The van der Waals surface area contributed by atoms with Crippen molar-refractivity contribution in [3.63, 3.8) is 0 Å². The summed E-state index contributed by atoms with van der Waals surface area (Å²) in [5, 5.41) is 0.706. The fraction of sp³-hybridized carbons (Fsp3) is 0.250. The molecule has 8 heteroatoms. The van der Waals surface area contributed by atoms with Crippen molar-refractivity contribution in [1.82, 2.24) is 0 Å². The first-order chi connectivity index (χ1) is 7.30. The molecular formula is C8H7F3NO3S. The van der Waals surface area contributed by atoms with Gasteiger partial charge < -0.3 is 0 Å². The molecule has 1 radical (unpaired) electrons. The van der Waals surface area contributed by atoms with Gasteiger partial charge in [-0.05, 0) is 24.3 Å². The predicted molar refractivity (Wildman–Crippen MR) is 50.1 cm³/mol. The molecule has 0 heterocycles. The van der Waals surface area contributed by atoms with Gasteiger partial charge in [-0.15, -0.1) is 0 Å². The lowest BCUT2D eigenvalue weighted by molar-refractivity contribution is -0.137. The molecule has 0 amide bonds. The van der Waals surface area contributed by atoms with Gasteiger partial charge in [-0.3, -0.25) is 0 Å². The summed E-state index contributed by atoms with van der Waals surface area (Å²) in [4.78, 5) is 0. The largest absolute Gasteiger partial charge is 0.416 e. The van der Waals surface area contributed by atoms with Crippen molar-refractivity contribution in [2.24, 2.45) is 0 Å². The van der Waals surface area contributed by atoms with Gasteiger partial charge in [0.15, 0.2) is 0 Å². The second-order valence-electron chi connectivity index (χ2n) is 2.78. The maximum Gasteiger partial charge on any atom is 0.416 e. The Kier molecular flexibility index (Phi) is 3.76. The van der Waals surface area contributed by atoms with Gasteiger partial charge in [-0.2, -0.15) is 17.5 Å². The number of hydrogen-bond donors (Lipinski definition) is 1. The van der Waals surface area contributed by atoms with E-state index in [1.165, 1.54) is 13.1 Å². The van der Waals surface area contributed by atoms with Gasteiger partial charge in [-0.25, -0.2) is 13.5 Å². The summed E-state index contributed by atoms with van der Waals surface area (Å²) in [6.07, 6.45) is -4.51. The molecule has 0 atom stereocenters. The summed E-state index contributed by atoms with van der Waals surface area (Å²) in [6, 6.07) is 4.94.